The first-order valence-corrected chi connectivity index (χ1v) is 18.1. The predicted molar refractivity (Wildman–Crippen MR) is 173 cm³/mol. The molecular formula is C38H72. The van der Waals surface area contributed by atoms with Gasteiger partial charge in [-0.3, -0.25) is 0 Å². The Labute approximate surface area is 242 Å². The largest absolute Gasteiger partial charge is 0.0679 e. The lowest BCUT2D eigenvalue weighted by Crippen LogP contribution is -2.11. The van der Waals surface area contributed by atoms with Gasteiger partial charge >= 0.3 is 0 Å². The van der Waals surface area contributed by atoms with E-state index in [0.717, 1.165) is 35.5 Å². The molecule has 0 aromatic heterocycles. The van der Waals surface area contributed by atoms with E-state index in [1.165, 1.54) is 154 Å². The van der Waals surface area contributed by atoms with E-state index in [-0.39, 0.29) is 0 Å². The van der Waals surface area contributed by atoms with Crippen LogP contribution < -0.4 is 0 Å². The predicted octanol–water partition coefficient (Wildman–Crippen LogP) is 13.5. The Morgan fingerprint density at radius 1 is 0.289 bits per heavy atom. The van der Waals surface area contributed by atoms with E-state index < -0.39 is 0 Å². The van der Waals surface area contributed by atoms with Crippen LogP contribution >= 0.6 is 0 Å². The first-order valence-electron chi connectivity index (χ1n) is 18.1. The second kappa shape index (κ2) is 20.6. The first-order chi connectivity index (χ1) is 18.4. The lowest BCUT2D eigenvalue weighted by Gasteiger charge is -2.26. The second-order valence-electron chi connectivity index (χ2n) is 14.7. The molecule has 2 aliphatic carbocycles. The molecule has 0 aromatic rings. The molecular weight excluding hydrogens is 456 g/mol. The van der Waals surface area contributed by atoms with Gasteiger partial charge in [0.1, 0.15) is 0 Å². The van der Waals surface area contributed by atoms with Crippen molar-refractivity contribution in [3.63, 3.8) is 0 Å². The van der Waals surface area contributed by atoms with E-state index in [9.17, 15) is 0 Å². The summed E-state index contributed by atoms with van der Waals surface area (Å²) in [6.07, 6.45) is 34.8. The molecule has 6 atom stereocenters. The van der Waals surface area contributed by atoms with Crippen molar-refractivity contribution in [2.45, 2.75) is 196 Å². The van der Waals surface area contributed by atoms with Crippen LogP contribution in [0.1, 0.15) is 196 Å². The van der Waals surface area contributed by atoms with E-state index in [1.807, 2.05) is 11.1 Å². The van der Waals surface area contributed by atoms with Crippen LogP contribution in [0.5, 0.6) is 0 Å². The van der Waals surface area contributed by atoms with Crippen LogP contribution in [0.4, 0.5) is 0 Å². The Bertz CT molecular complexity index is 547. The average molecular weight is 529 g/mol. The molecule has 6 unspecified atom stereocenters. The summed E-state index contributed by atoms with van der Waals surface area (Å²) in [6, 6.07) is 0. The van der Waals surface area contributed by atoms with Gasteiger partial charge in [-0.05, 0) is 74.0 Å². The molecule has 2 rings (SSSR count). The van der Waals surface area contributed by atoms with Crippen molar-refractivity contribution >= 4 is 0 Å². The summed E-state index contributed by atoms with van der Waals surface area (Å²) in [4.78, 5) is 0. The molecule has 0 spiro atoms. The highest BCUT2D eigenvalue weighted by atomic mass is 14.3. The van der Waals surface area contributed by atoms with Gasteiger partial charge in [-0.2, -0.15) is 0 Å². The molecule has 0 radical (unpaired) electrons. The number of allylic oxidation sites excluding steroid dienone is 2. The molecule has 0 heteroatoms. The molecule has 0 heterocycles. The molecule has 0 aromatic carbocycles. The van der Waals surface area contributed by atoms with Gasteiger partial charge in [0.25, 0.3) is 0 Å². The Kier molecular flexibility index (Phi) is 18.4. The normalized spacial score (nSPS) is 34.6. The molecule has 0 amide bonds. The van der Waals surface area contributed by atoms with Gasteiger partial charge in [0.15, 0.2) is 0 Å². The number of hydrogen-bond donors (Lipinski definition) is 0. The van der Waals surface area contributed by atoms with Crippen molar-refractivity contribution < 1.29 is 0 Å². The van der Waals surface area contributed by atoms with Gasteiger partial charge in [0.2, 0.25) is 0 Å². The number of hydrogen-bond acceptors (Lipinski definition) is 0. The number of rotatable bonds is 0. The second-order valence-corrected chi connectivity index (χ2v) is 14.7. The zero-order chi connectivity index (χ0) is 27.6. The molecule has 0 nitrogen and oxygen atoms in total. The molecule has 0 N–H and O–H groups in total. The van der Waals surface area contributed by atoms with Crippen LogP contribution in [0.3, 0.4) is 0 Å². The fourth-order valence-electron chi connectivity index (χ4n) is 7.74. The van der Waals surface area contributed by atoms with Gasteiger partial charge in [-0.1, -0.05) is 168 Å². The van der Waals surface area contributed by atoms with Gasteiger partial charge in [0.05, 0.1) is 0 Å². The molecule has 224 valence electrons. The summed E-state index contributed by atoms with van der Waals surface area (Å²) in [6.45, 7) is 15.3. The van der Waals surface area contributed by atoms with E-state index in [1.54, 1.807) is 0 Å². The minimum Gasteiger partial charge on any atom is -0.0679 e. The third-order valence-corrected chi connectivity index (χ3v) is 11.3. The Morgan fingerprint density at radius 2 is 0.526 bits per heavy atom. The van der Waals surface area contributed by atoms with Gasteiger partial charge in [-0.15, -0.1) is 0 Å². The molecule has 2 aliphatic rings. The van der Waals surface area contributed by atoms with Crippen molar-refractivity contribution in [1.29, 1.82) is 0 Å². The van der Waals surface area contributed by atoms with Gasteiger partial charge in [-0.25, -0.2) is 0 Å². The third-order valence-electron chi connectivity index (χ3n) is 11.3. The summed E-state index contributed by atoms with van der Waals surface area (Å²) >= 11 is 0. The smallest absolute Gasteiger partial charge is 0.0229 e. The summed E-state index contributed by atoms with van der Waals surface area (Å²) in [5.41, 5.74) is 3.88. The quantitative estimate of drug-likeness (QED) is 0.274. The Morgan fingerprint density at radius 3 is 0.816 bits per heavy atom. The van der Waals surface area contributed by atoms with Crippen LogP contribution in [0.25, 0.3) is 0 Å². The maximum atomic E-state index is 2.62. The zero-order valence-corrected chi connectivity index (χ0v) is 27.4. The SMILES string of the molecule is CC1CCCCCCC(C)C(C)CCCCCCC2=C1CCCCCCC(C)C(C)CCCCCCC2C. The van der Waals surface area contributed by atoms with E-state index in [2.05, 4.69) is 41.5 Å². The highest BCUT2D eigenvalue weighted by Gasteiger charge is 2.20. The first kappa shape index (κ1) is 33.9. The standard InChI is InChI=1S/C38H72/c1-31-23-15-7-9-19-27-35(5)38-30-22-14-12-18-26-34(4)32(2)24-16-8-10-20-28-36(6)37(38)29-21-13-11-17-25-33(31)3/h31-36H,7-30H2,1-6H3. The van der Waals surface area contributed by atoms with Crippen molar-refractivity contribution in [3.05, 3.63) is 11.1 Å². The van der Waals surface area contributed by atoms with Crippen LogP contribution in [0.2, 0.25) is 0 Å². The Balaban J connectivity index is 2.12. The lowest BCUT2D eigenvalue weighted by atomic mass is 9.80. The molecule has 0 bridgehead atoms. The van der Waals surface area contributed by atoms with Crippen molar-refractivity contribution in [2.75, 3.05) is 0 Å². The summed E-state index contributed by atoms with van der Waals surface area (Å²) in [5, 5.41) is 0. The van der Waals surface area contributed by atoms with Gasteiger partial charge < -0.3 is 0 Å². The molecule has 0 saturated carbocycles. The summed E-state index contributed by atoms with van der Waals surface area (Å²) in [7, 11) is 0. The summed E-state index contributed by atoms with van der Waals surface area (Å²) in [5.74, 6) is 5.31. The zero-order valence-electron chi connectivity index (χ0n) is 27.4. The van der Waals surface area contributed by atoms with Crippen molar-refractivity contribution in [2.24, 2.45) is 35.5 Å². The molecule has 0 fully saturated rings. The lowest BCUT2D eigenvalue weighted by molar-refractivity contribution is 0.321. The molecule has 38 heavy (non-hydrogen) atoms. The van der Waals surface area contributed by atoms with Crippen molar-refractivity contribution in [3.8, 4) is 0 Å². The topological polar surface area (TPSA) is 0 Å². The minimum absolute atomic E-state index is 0.810. The van der Waals surface area contributed by atoms with Crippen molar-refractivity contribution in [1.82, 2.24) is 0 Å². The fourth-order valence-corrected chi connectivity index (χ4v) is 7.74. The highest BCUT2D eigenvalue weighted by Crippen LogP contribution is 2.36. The van der Waals surface area contributed by atoms with Crippen LogP contribution in [-0.2, 0) is 0 Å². The van der Waals surface area contributed by atoms with Crippen LogP contribution in [0, 0.1) is 35.5 Å². The summed E-state index contributed by atoms with van der Waals surface area (Å²) < 4.78 is 0. The fraction of sp³-hybridized carbons (Fsp3) is 0.947. The van der Waals surface area contributed by atoms with Gasteiger partial charge in [0, 0.05) is 0 Å². The highest BCUT2D eigenvalue weighted by molar-refractivity contribution is 5.19. The average Bonchev–Trinajstić information content (AvgIpc) is 2.90. The third kappa shape index (κ3) is 13.9. The van der Waals surface area contributed by atoms with Crippen LogP contribution in [-0.4, -0.2) is 0 Å². The maximum absolute atomic E-state index is 2.62. The maximum Gasteiger partial charge on any atom is -0.0229 e. The monoisotopic (exact) mass is 529 g/mol. The molecule has 0 saturated heterocycles. The van der Waals surface area contributed by atoms with E-state index in [4.69, 9.17) is 0 Å². The van der Waals surface area contributed by atoms with E-state index >= 15 is 0 Å². The van der Waals surface area contributed by atoms with Crippen LogP contribution in [0.15, 0.2) is 11.1 Å². The molecule has 0 aliphatic heterocycles. The minimum atomic E-state index is 0.810. The van der Waals surface area contributed by atoms with E-state index in [0.29, 0.717) is 0 Å². The Hall–Kier alpha value is -0.260.